The SMILES string of the molecule is COC(=O)c1ccc(Cl)c(NC(=O)C2CCN(C(=O)C3CCC3)CC2)c1. The molecule has 3 rings (SSSR count). The van der Waals surface area contributed by atoms with Gasteiger partial charge in [-0.05, 0) is 43.9 Å². The molecule has 7 heteroatoms. The highest BCUT2D eigenvalue weighted by atomic mass is 35.5. The summed E-state index contributed by atoms with van der Waals surface area (Å²) in [7, 11) is 1.30. The van der Waals surface area contributed by atoms with Gasteiger partial charge < -0.3 is 15.0 Å². The average molecular weight is 379 g/mol. The van der Waals surface area contributed by atoms with Crippen LogP contribution in [0, 0.1) is 11.8 Å². The van der Waals surface area contributed by atoms with E-state index in [1.165, 1.54) is 13.2 Å². The van der Waals surface area contributed by atoms with Crippen LogP contribution in [0.2, 0.25) is 5.02 Å². The second-order valence-electron chi connectivity index (χ2n) is 6.90. The highest BCUT2D eigenvalue weighted by Gasteiger charge is 2.33. The minimum atomic E-state index is -0.486. The molecule has 0 bridgehead atoms. The molecule has 0 unspecified atom stereocenters. The Bertz CT molecular complexity index is 709. The fourth-order valence-electron chi connectivity index (χ4n) is 3.38. The molecule has 1 aliphatic carbocycles. The van der Waals surface area contributed by atoms with Crippen molar-refractivity contribution in [2.45, 2.75) is 32.1 Å². The number of rotatable bonds is 4. The van der Waals surface area contributed by atoms with Crippen LogP contribution >= 0.6 is 11.6 Å². The van der Waals surface area contributed by atoms with E-state index in [1.54, 1.807) is 12.1 Å². The number of ether oxygens (including phenoxy) is 1. The van der Waals surface area contributed by atoms with Crippen LogP contribution in [0.1, 0.15) is 42.5 Å². The first kappa shape index (κ1) is 18.7. The number of halogens is 1. The lowest BCUT2D eigenvalue weighted by atomic mass is 9.83. The third-order valence-electron chi connectivity index (χ3n) is 5.28. The zero-order valence-electron chi connectivity index (χ0n) is 14.8. The molecule has 0 radical (unpaired) electrons. The van der Waals surface area contributed by atoms with Gasteiger partial charge in [0.05, 0.1) is 23.4 Å². The van der Waals surface area contributed by atoms with Crippen LogP contribution in [0.25, 0.3) is 0 Å². The minimum absolute atomic E-state index is 0.135. The number of amides is 2. The fourth-order valence-corrected chi connectivity index (χ4v) is 3.54. The number of carbonyl (C=O) groups is 3. The van der Waals surface area contributed by atoms with Crippen LogP contribution in [0.15, 0.2) is 18.2 Å². The van der Waals surface area contributed by atoms with Crippen LogP contribution in [0.5, 0.6) is 0 Å². The first-order valence-corrected chi connectivity index (χ1v) is 9.35. The zero-order valence-corrected chi connectivity index (χ0v) is 15.6. The maximum Gasteiger partial charge on any atom is 0.337 e. The highest BCUT2D eigenvalue weighted by molar-refractivity contribution is 6.33. The lowest BCUT2D eigenvalue weighted by Crippen LogP contribution is -2.45. The summed E-state index contributed by atoms with van der Waals surface area (Å²) < 4.78 is 4.69. The molecule has 2 fully saturated rings. The largest absolute Gasteiger partial charge is 0.465 e. The lowest BCUT2D eigenvalue weighted by Gasteiger charge is -2.36. The molecule has 1 saturated carbocycles. The summed E-state index contributed by atoms with van der Waals surface area (Å²) in [5, 5.41) is 3.17. The Hall–Kier alpha value is -2.08. The van der Waals surface area contributed by atoms with Gasteiger partial charge in [0.15, 0.2) is 0 Å². The third-order valence-corrected chi connectivity index (χ3v) is 5.61. The van der Waals surface area contributed by atoms with Crippen LogP contribution in [0.3, 0.4) is 0 Å². The average Bonchev–Trinajstić information content (AvgIpc) is 2.61. The summed E-state index contributed by atoms with van der Waals surface area (Å²) in [5.74, 6) is -0.355. The number of piperidine rings is 1. The molecule has 1 aromatic rings. The van der Waals surface area contributed by atoms with Crippen molar-refractivity contribution in [2.75, 3.05) is 25.5 Å². The summed E-state index contributed by atoms with van der Waals surface area (Å²) in [5.41, 5.74) is 0.723. The van der Waals surface area contributed by atoms with E-state index in [0.29, 0.717) is 42.2 Å². The maximum absolute atomic E-state index is 12.6. The Balaban J connectivity index is 1.57. The number of likely N-dealkylation sites (tertiary alicyclic amines) is 1. The van der Waals surface area contributed by atoms with E-state index >= 15 is 0 Å². The van der Waals surface area contributed by atoms with Gasteiger partial charge in [0.25, 0.3) is 0 Å². The molecule has 1 aromatic carbocycles. The van der Waals surface area contributed by atoms with Gasteiger partial charge in [-0.3, -0.25) is 9.59 Å². The van der Waals surface area contributed by atoms with Gasteiger partial charge in [-0.1, -0.05) is 18.0 Å². The number of benzene rings is 1. The van der Waals surface area contributed by atoms with Crippen LogP contribution in [0.4, 0.5) is 5.69 Å². The Morgan fingerprint density at radius 2 is 1.81 bits per heavy atom. The fraction of sp³-hybridized carbons (Fsp3) is 0.526. The van der Waals surface area contributed by atoms with E-state index in [2.05, 4.69) is 10.1 Å². The Morgan fingerprint density at radius 1 is 1.12 bits per heavy atom. The molecule has 26 heavy (non-hydrogen) atoms. The van der Waals surface area contributed by atoms with Gasteiger partial charge in [0.2, 0.25) is 11.8 Å². The van der Waals surface area contributed by atoms with Crippen molar-refractivity contribution in [3.63, 3.8) is 0 Å². The molecule has 0 atom stereocenters. The van der Waals surface area contributed by atoms with Crippen molar-refractivity contribution >= 4 is 35.1 Å². The van der Waals surface area contributed by atoms with Crippen molar-refractivity contribution in [3.8, 4) is 0 Å². The number of methoxy groups -OCH3 is 1. The predicted molar refractivity (Wildman–Crippen MR) is 98.1 cm³/mol. The third kappa shape index (κ3) is 4.01. The molecule has 6 nitrogen and oxygen atoms in total. The zero-order chi connectivity index (χ0) is 18.7. The van der Waals surface area contributed by atoms with Crippen LogP contribution < -0.4 is 5.32 Å². The topological polar surface area (TPSA) is 75.7 Å². The van der Waals surface area contributed by atoms with Crippen molar-refractivity contribution in [1.82, 2.24) is 4.90 Å². The Labute approximate surface area is 157 Å². The van der Waals surface area contributed by atoms with Crippen molar-refractivity contribution in [1.29, 1.82) is 0 Å². The molecule has 2 aliphatic rings. The summed E-state index contributed by atoms with van der Waals surface area (Å²) in [6.07, 6.45) is 4.40. The number of nitrogens with one attached hydrogen (secondary N) is 1. The molecule has 0 aromatic heterocycles. The van der Waals surface area contributed by atoms with Gasteiger partial charge in [-0.2, -0.15) is 0 Å². The normalized spacial score (nSPS) is 18.2. The molecule has 0 spiro atoms. The van der Waals surface area contributed by atoms with Crippen molar-refractivity contribution in [3.05, 3.63) is 28.8 Å². The monoisotopic (exact) mass is 378 g/mol. The summed E-state index contributed by atoms with van der Waals surface area (Å²) in [6.45, 7) is 1.23. The van der Waals surface area contributed by atoms with Gasteiger partial charge in [-0.25, -0.2) is 4.79 Å². The number of hydrogen-bond donors (Lipinski definition) is 1. The molecule has 1 N–H and O–H groups in total. The number of anilines is 1. The predicted octanol–water partition coefficient (Wildman–Crippen LogP) is 3.10. The number of esters is 1. The van der Waals surface area contributed by atoms with E-state index in [9.17, 15) is 14.4 Å². The summed E-state index contributed by atoms with van der Waals surface area (Å²) in [4.78, 5) is 38.4. The lowest BCUT2D eigenvalue weighted by molar-refractivity contribution is -0.140. The van der Waals surface area contributed by atoms with E-state index in [-0.39, 0.29) is 23.7 Å². The van der Waals surface area contributed by atoms with E-state index in [1.807, 2.05) is 4.90 Å². The Kier molecular flexibility index (Phi) is 5.81. The first-order valence-electron chi connectivity index (χ1n) is 8.97. The van der Waals surface area contributed by atoms with E-state index in [4.69, 9.17) is 11.6 Å². The number of carbonyl (C=O) groups excluding carboxylic acids is 3. The van der Waals surface area contributed by atoms with Crippen LogP contribution in [-0.4, -0.2) is 42.9 Å². The van der Waals surface area contributed by atoms with Crippen molar-refractivity contribution < 1.29 is 19.1 Å². The number of nitrogens with zero attached hydrogens (tertiary/aromatic N) is 1. The maximum atomic E-state index is 12.6. The molecule has 140 valence electrons. The molecule has 1 heterocycles. The first-order chi connectivity index (χ1) is 12.5. The molecular formula is C19H23ClN2O4. The van der Waals surface area contributed by atoms with Crippen LogP contribution in [-0.2, 0) is 14.3 Å². The molecule has 1 aliphatic heterocycles. The second kappa shape index (κ2) is 8.08. The Morgan fingerprint density at radius 3 is 2.38 bits per heavy atom. The summed E-state index contributed by atoms with van der Waals surface area (Å²) in [6, 6.07) is 4.62. The van der Waals surface area contributed by atoms with E-state index in [0.717, 1.165) is 19.3 Å². The second-order valence-corrected chi connectivity index (χ2v) is 7.31. The number of hydrogen-bond acceptors (Lipinski definition) is 4. The van der Waals surface area contributed by atoms with Gasteiger partial charge in [0, 0.05) is 24.9 Å². The minimum Gasteiger partial charge on any atom is -0.465 e. The molecular weight excluding hydrogens is 356 g/mol. The van der Waals surface area contributed by atoms with Gasteiger partial charge in [-0.15, -0.1) is 0 Å². The van der Waals surface area contributed by atoms with Gasteiger partial charge in [0.1, 0.15) is 0 Å². The standard InChI is InChI=1S/C19H23ClN2O4/c1-26-19(25)14-5-6-15(20)16(11-14)21-17(23)12-7-9-22(10-8-12)18(24)13-3-2-4-13/h5-6,11-13H,2-4,7-10H2,1H3,(H,21,23). The van der Waals surface area contributed by atoms with Crippen molar-refractivity contribution in [2.24, 2.45) is 11.8 Å². The molecule has 1 saturated heterocycles. The molecule has 2 amide bonds. The smallest absolute Gasteiger partial charge is 0.337 e. The van der Waals surface area contributed by atoms with E-state index < -0.39 is 5.97 Å². The van der Waals surface area contributed by atoms with Gasteiger partial charge >= 0.3 is 5.97 Å². The summed E-state index contributed by atoms with van der Waals surface area (Å²) >= 11 is 6.13. The highest BCUT2D eigenvalue weighted by Crippen LogP contribution is 2.30. The quantitative estimate of drug-likeness (QED) is 0.817.